The van der Waals surface area contributed by atoms with Gasteiger partial charge in [0.15, 0.2) is 5.03 Å². The van der Waals surface area contributed by atoms with Gasteiger partial charge in [0.1, 0.15) is 6.20 Å². The number of nitro groups is 1. The first-order chi connectivity index (χ1) is 8.42. The van der Waals surface area contributed by atoms with Crippen molar-refractivity contribution in [3.63, 3.8) is 0 Å². The van der Waals surface area contributed by atoms with Crippen LogP contribution in [0, 0.1) is 15.5 Å². The number of carboxylic acids is 1. The zero-order valence-corrected chi connectivity index (χ0v) is 10.6. The van der Waals surface area contributed by atoms with E-state index in [1.54, 1.807) is 7.05 Å². The number of hydrogen-bond donors (Lipinski definition) is 1. The van der Waals surface area contributed by atoms with Crippen LogP contribution in [0.1, 0.15) is 19.3 Å². The maximum Gasteiger partial charge on any atom is 0.320 e. The number of aryl methyl sites for hydroxylation is 1. The van der Waals surface area contributed by atoms with Crippen molar-refractivity contribution in [3.05, 3.63) is 16.3 Å². The van der Waals surface area contributed by atoms with Crippen molar-refractivity contribution < 1.29 is 14.8 Å². The first-order valence-electron chi connectivity index (χ1n) is 5.44. The Hall–Kier alpha value is -1.57. The molecule has 18 heavy (non-hydrogen) atoms. The van der Waals surface area contributed by atoms with Gasteiger partial charge in [0.25, 0.3) is 0 Å². The molecule has 0 bridgehead atoms. The molecule has 8 heteroatoms. The van der Waals surface area contributed by atoms with E-state index in [1.165, 1.54) is 22.6 Å². The predicted octanol–water partition coefficient (Wildman–Crippen LogP) is 1.68. The molecule has 1 saturated carbocycles. The minimum Gasteiger partial charge on any atom is -0.481 e. The smallest absolute Gasteiger partial charge is 0.320 e. The van der Waals surface area contributed by atoms with Gasteiger partial charge in [-0.15, -0.1) is 0 Å². The summed E-state index contributed by atoms with van der Waals surface area (Å²) in [6, 6.07) is 0. The van der Waals surface area contributed by atoms with E-state index in [0.29, 0.717) is 10.8 Å². The van der Waals surface area contributed by atoms with Gasteiger partial charge in [0.2, 0.25) is 0 Å². The van der Waals surface area contributed by atoms with Crippen molar-refractivity contribution in [2.75, 3.05) is 5.75 Å². The first kappa shape index (κ1) is 12.9. The van der Waals surface area contributed by atoms with Gasteiger partial charge in [0, 0.05) is 12.8 Å². The van der Waals surface area contributed by atoms with Gasteiger partial charge in [-0.2, -0.15) is 5.10 Å². The minimum absolute atomic E-state index is 0.0198. The average Bonchev–Trinajstić information content (AvgIpc) is 2.89. The highest BCUT2D eigenvalue weighted by atomic mass is 32.2. The molecule has 1 aliphatic rings. The van der Waals surface area contributed by atoms with Crippen LogP contribution in [-0.4, -0.2) is 31.5 Å². The van der Waals surface area contributed by atoms with E-state index in [4.69, 9.17) is 5.11 Å². The molecule has 0 unspecified atom stereocenters. The summed E-state index contributed by atoms with van der Waals surface area (Å²) in [4.78, 5) is 21.0. The van der Waals surface area contributed by atoms with Crippen molar-refractivity contribution in [2.45, 2.75) is 24.3 Å². The molecule has 1 N–H and O–H groups in total. The Bertz CT molecular complexity index is 495. The molecular formula is C10H13N3O4S. The summed E-state index contributed by atoms with van der Waals surface area (Å²) in [7, 11) is 1.63. The number of carbonyl (C=O) groups is 1. The standard InChI is InChI=1S/C10H13N3O4S/c1-12-5-7(13(16)17)9(11-12)18-6-10(2-3-10)4-8(14)15/h5H,2-4,6H2,1H3,(H,14,15). The van der Waals surface area contributed by atoms with Crippen molar-refractivity contribution in [1.29, 1.82) is 0 Å². The zero-order valence-electron chi connectivity index (χ0n) is 9.83. The third-order valence-corrected chi connectivity index (χ3v) is 4.29. The molecule has 1 heterocycles. The van der Waals surface area contributed by atoms with Crippen LogP contribution in [0.3, 0.4) is 0 Å². The number of aliphatic carboxylic acids is 1. The number of rotatable bonds is 6. The van der Waals surface area contributed by atoms with E-state index < -0.39 is 10.9 Å². The van der Waals surface area contributed by atoms with E-state index in [1.807, 2.05) is 0 Å². The molecule has 0 saturated heterocycles. The van der Waals surface area contributed by atoms with E-state index in [2.05, 4.69) is 5.10 Å². The second-order valence-electron chi connectivity index (χ2n) is 4.61. The summed E-state index contributed by atoms with van der Waals surface area (Å²) < 4.78 is 1.40. The van der Waals surface area contributed by atoms with Crippen molar-refractivity contribution in [1.82, 2.24) is 9.78 Å². The number of thioether (sulfide) groups is 1. The van der Waals surface area contributed by atoms with Crippen LogP contribution in [0.4, 0.5) is 5.69 Å². The molecule has 0 radical (unpaired) electrons. The van der Waals surface area contributed by atoms with Crippen LogP contribution in [0.15, 0.2) is 11.2 Å². The normalized spacial score (nSPS) is 16.5. The van der Waals surface area contributed by atoms with Crippen LogP contribution in [-0.2, 0) is 11.8 Å². The summed E-state index contributed by atoms with van der Waals surface area (Å²) in [6.07, 6.45) is 3.22. The summed E-state index contributed by atoms with van der Waals surface area (Å²) in [6.45, 7) is 0. The average molecular weight is 271 g/mol. The second kappa shape index (κ2) is 4.60. The van der Waals surface area contributed by atoms with Crippen LogP contribution in [0.25, 0.3) is 0 Å². The molecule has 2 rings (SSSR count). The van der Waals surface area contributed by atoms with Crippen molar-refractivity contribution in [2.24, 2.45) is 12.5 Å². The lowest BCUT2D eigenvalue weighted by atomic mass is 10.1. The molecule has 0 aliphatic heterocycles. The molecule has 7 nitrogen and oxygen atoms in total. The highest BCUT2D eigenvalue weighted by molar-refractivity contribution is 7.99. The van der Waals surface area contributed by atoms with Crippen molar-refractivity contribution >= 4 is 23.4 Å². The van der Waals surface area contributed by atoms with Gasteiger partial charge in [-0.05, 0) is 18.3 Å². The van der Waals surface area contributed by atoms with Crippen LogP contribution in [0.2, 0.25) is 0 Å². The lowest BCUT2D eigenvalue weighted by Gasteiger charge is -2.09. The van der Waals surface area contributed by atoms with E-state index in [0.717, 1.165) is 12.8 Å². The Kier molecular flexibility index (Phi) is 3.29. The monoisotopic (exact) mass is 271 g/mol. The van der Waals surface area contributed by atoms with Gasteiger partial charge in [-0.3, -0.25) is 19.6 Å². The van der Waals surface area contributed by atoms with E-state index in [9.17, 15) is 14.9 Å². The fourth-order valence-electron chi connectivity index (χ4n) is 1.77. The van der Waals surface area contributed by atoms with Crippen LogP contribution < -0.4 is 0 Å². The Balaban J connectivity index is 2.02. The highest BCUT2D eigenvalue weighted by Gasteiger charge is 2.44. The van der Waals surface area contributed by atoms with Crippen molar-refractivity contribution in [3.8, 4) is 0 Å². The largest absolute Gasteiger partial charge is 0.481 e. The topological polar surface area (TPSA) is 98.3 Å². The van der Waals surface area contributed by atoms with Gasteiger partial charge in [0.05, 0.1) is 11.3 Å². The van der Waals surface area contributed by atoms with Crippen LogP contribution in [0.5, 0.6) is 0 Å². The molecular weight excluding hydrogens is 258 g/mol. The van der Waals surface area contributed by atoms with E-state index >= 15 is 0 Å². The molecule has 0 spiro atoms. The molecule has 1 aliphatic carbocycles. The Labute approximate surface area is 107 Å². The summed E-state index contributed by atoms with van der Waals surface area (Å²) in [5.74, 6) is -0.249. The SMILES string of the molecule is Cn1cc([N+](=O)[O-])c(SCC2(CC(=O)O)CC2)n1. The van der Waals surface area contributed by atoms with Gasteiger partial charge in [-0.1, -0.05) is 11.8 Å². The minimum atomic E-state index is -0.816. The first-order valence-corrected chi connectivity index (χ1v) is 6.43. The summed E-state index contributed by atoms with van der Waals surface area (Å²) >= 11 is 1.27. The lowest BCUT2D eigenvalue weighted by Crippen LogP contribution is -2.11. The maximum absolute atomic E-state index is 10.8. The molecule has 1 aromatic heterocycles. The van der Waals surface area contributed by atoms with E-state index in [-0.39, 0.29) is 17.5 Å². The molecule has 1 aromatic rings. The number of hydrogen-bond acceptors (Lipinski definition) is 5. The third kappa shape index (κ3) is 2.81. The Morgan fingerprint density at radius 2 is 2.39 bits per heavy atom. The highest BCUT2D eigenvalue weighted by Crippen LogP contribution is 2.52. The number of carboxylic acid groups (broad SMARTS) is 1. The summed E-state index contributed by atoms with van der Waals surface area (Å²) in [5.41, 5.74) is -0.212. The Morgan fingerprint density at radius 1 is 1.72 bits per heavy atom. The van der Waals surface area contributed by atoms with Gasteiger partial charge < -0.3 is 5.11 Å². The van der Waals surface area contributed by atoms with Crippen LogP contribution >= 0.6 is 11.8 Å². The number of nitrogens with zero attached hydrogens (tertiary/aromatic N) is 3. The predicted molar refractivity (Wildman–Crippen MR) is 64.5 cm³/mol. The van der Waals surface area contributed by atoms with Gasteiger partial charge in [-0.25, -0.2) is 0 Å². The molecule has 98 valence electrons. The summed E-state index contributed by atoms with van der Waals surface area (Å²) in [5, 5.41) is 24.0. The van der Waals surface area contributed by atoms with Gasteiger partial charge >= 0.3 is 11.7 Å². The zero-order chi connectivity index (χ0) is 13.3. The molecule has 0 amide bonds. The molecule has 1 fully saturated rings. The lowest BCUT2D eigenvalue weighted by molar-refractivity contribution is -0.387. The second-order valence-corrected chi connectivity index (χ2v) is 5.57. The Morgan fingerprint density at radius 3 is 2.89 bits per heavy atom. The molecule has 0 aromatic carbocycles. The fourth-order valence-corrected chi connectivity index (χ4v) is 3.07. The quantitative estimate of drug-likeness (QED) is 0.480. The fraction of sp³-hybridized carbons (Fsp3) is 0.600. The maximum atomic E-state index is 10.8. The molecule has 0 atom stereocenters. The third-order valence-electron chi connectivity index (χ3n) is 2.97. The number of aromatic nitrogens is 2.